The van der Waals surface area contributed by atoms with Crippen LogP contribution in [0.4, 0.5) is 36.4 Å². The summed E-state index contributed by atoms with van der Waals surface area (Å²) in [6, 6.07) is 3.04. The first kappa shape index (κ1) is 23.5. The summed E-state index contributed by atoms with van der Waals surface area (Å²) in [4.78, 5) is 33.3. The van der Waals surface area contributed by atoms with Crippen LogP contribution in [0.2, 0.25) is 10.0 Å². The average molecular weight is 511 g/mol. The fraction of sp³-hybridized carbons (Fsp3) is 0.150. The minimum Gasteiger partial charge on any atom is -0.363 e. The normalized spacial score (nSPS) is 11.5. The molecule has 0 fully saturated rings. The van der Waals surface area contributed by atoms with Crippen LogP contribution in [0.15, 0.2) is 36.8 Å². The molecule has 14 heteroatoms. The van der Waals surface area contributed by atoms with Crippen molar-refractivity contribution >= 4 is 63.4 Å². The van der Waals surface area contributed by atoms with E-state index in [1.807, 2.05) is 0 Å². The number of halogens is 5. The number of rotatable bonds is 5. The molecule has 0 bridgehead atoms. The average Bonchev–Trinajstić information content (AvgIpc) is 3.17. The molecule has 0 aliphatic carbocycles. The van der Waals surface area contributed by atoms with Gasteiger partial charge in [0.15, 0.2) is 0 Å². The summed E-state index contributed by atoms with van der Waals surface area (Å²) < 4.78 is 39.7. The van der Waals surface area contributed by atoms with Gasteiger partial charge in [0.05, 0.1) is 33.0 Å². The summed E-state index contributed by atoms with van der Waals surface area (Å²) in [5, 5.41) is 5.85. The number of aromatic nitrogens is 5. The molecule has 4 aromatic rings. The van der Waals surface area contributed by atoms with Gasteiger partial charge in [0.2, 0.25) is 5.95 Å². The van der Waals surface area contributed by atoms with E-state index in [1.54, 1.807) is 14.1 Å². The van der Waals surface area contributed by atoms with Crippen molar-refractivity contribution in [3.05, 3.63) is 58.1 Å². The van der Waals surface area contributed by atoms with E-state index < -0.39 is 17.6 Å². The van der Waals surface area contributed by atoms with Crippen LogP contribution < -0.4 is 15.5 Å². The van der Waals surface area contributed by atoms with Gasteiger partial charge >= 0.3 is 6.18 Å². The number of nitrogens with zero attached hydrogens (tertiary/aromatic N) is 5. The predicted molar refractivity (Wildman–Crippen MR) is 123 cm³/mol. The quantitative estimate of drug-likeness (QED) is 0.341. The molecule has 0 aromatic carbocycles. The number of alkyl halides is 3. The molecule has 1 amide bonds. The first-order chi connectivity index (χ1) is 16.0. The van der Waals surface area contributed by atoms with Crippen LogP contribution in [0.3, 0.4) is 0 Å². The lowest BCUT2D eigenvalue weighted by Gasteiger charge is -2.16. The Hall–Kier alpha value is -3.64. The highest BCUT2D eigenvalue weighted by molar-refractivity contribution is 6.39. The Bertz CT molecular complexity index is 1370. The largest absolute Gasteiger partial charge is 0.416 e. The number of carbonyl (C=O) groups is 1. The molecular formula is C20H15Cl2F3N8O. The smallest absolute Gasteiger partial charge is 0.363 e. The van der Waals surface area contributed by atoms with E-state index in [2.05, 4.69) is 35.6 Å². The number of nitrogens with one attached hydrogen (secondary N) is 3. The summed E-state index contributed by atoms with van der Waals surface area (Å²) in [5.41, 5.74) is 0.244. The molecular weight excluding hydrogens is 496 g/mol. The van der Waals surface area contributed by atoms with E-state index in [1.165, 1.54) is 29.6 Å². The van der Waals surface area contributed by atoms with Gasteiger partial charge in [-0.2, -0.15) is 13.2 Å². The molecule has 0 saturated heterocycles. The second-order valence-electron chi connectivity index (χ2n) is 7.22. The second kappa shape index (κ2) is 8.95. The van der Waals surface area contributed by atoms with Gasteiger partial charge in [-0.15, -0.1) is 0 Å². The van der Waals surface area contributed by atoms with Crippen LogP contribution >= 0.6 is 23.2 Å². The van der Waals surface area contributed by atoms with Gasteiger partial charge in [-0.05, 0) is 18.2 Å². The highest BCUT2D eigenvalue weighted by Crippen LogP contribution is 2.33. The van der Waals surface area contributed by atoms with Crippen molar-refractivity contribution in [1.29, 1.82) is 0 Å². The van der Waals surface area contributed by atoms with Crippen LogP contribution in [0, 0.1) is 0 Å². The van der Waals surface area contributed by atoms with E-state index in [-0.39, 0.29) is 33.3 Å². The van der Waals surface area contributed by atoms with Gasteiger partial charge in [0, 0.05) is 26.5 Å². The van der Waals surface area contributed by atoms with Crippen LogP contribution in [-0.4, -0.2) is 44.9 Å². The summed E-state index contributed by atoms with van der Waals surface area (Å²) in [5.74, 6) is -0.701. The number of pyridine rings is 3. The highest BCUT2D eigenvalue weighted by atomic mass is 35.5. The lowest BCUT2D eigenvalue weighted by atomic mass is 10.2. The van der Waals surface area contributed by atoms with Crippen molar-refractivity contribution in [1.82, 2.24) is 24.9 Å². The number of hydrogen-bond acceptors (Lipinski definition) is 7. The van der Waals surface area contributed by atoms with Crippen molar-refractivity contribution < 1.29 is 18.0 Å². The number of fused-ring (bicyclic) bond motifs is 1. The second-order valence-corrected chi connectivity index (χ2v) is 8.04. The molecule has 0 aliphatic heterocycles. The van der Waals surface area contributed by atoms with Gasteiger partial charge in [-0.3, -0.25) is 9.78 Å². The molecule has 9 nitrogen and oxygen atoms in total. The molecule has 0 atom stereocenters. The number of aromatic amines is 1. The van der Waals surface area contributed by atoms with Gasteiger partial charge in [-0.1, -0.05) is 23.2 Å². The first-order valence-electron chi connectivity index (χ1n) is 9.51. The SMILES string of the molecule is CN(C)c1cc(C(F)(F)F)cc(NC(=O)c2cc3[nH]c(Nc4c(Cl)cncc4Cl)nc3cn2)n1. The lowest BCUT2D eigenvalue weighted by molar-refractivity contribution is -0.137. The molecule has 4 heterocycles. The number of hydrogen-bond donors (Lipinski definition) is 3. The molecule has 4 aromatic heterocycles. The Balaban J connectivity index is 1.60. The Morgan fingerprint density at radius 2 is 1.76 bits per heavy atom. The molecule has 4 rings (SSSR count). The van der Waals surface area contributed by atoms with E-state index in [9.17, 15) is 18.0 Å². The Morgan fingerprint density at radius 3 is 2.41 bits per heavy atom. The van der Waals surface area contributed by atoms with Crippen LogP contribution in [-0.2, 0) is 6.18 Å². The number of amides is 1. The lowest BCUT2D eigenvalue weighted by Crippen LogP contribution is -2.18. The molecule has 0 aliphatic rings. The van der Waals surface area contributed by atoms with E-state index in [0.717, 1.165) is 12.1 Å². The minimum absolute atomic E-state index is 0.0336. The third kappa shape index (κ3) is 4.97. The highest BCUT2D eigenvalue weighted by Gasteiger charge is 2.32. The van der Waals surface area contributed by atoms with E-state index in [0.29, 0.717) is 16.7 Å². The molecule has 0 radical (unpaired) electrons. The fourth-order valence-electron chi connectivity index (χ4n) is 2.90. The summed E-state index contributed by atoms with van der Waals surface area (Å²) in [7, 11) is 3.08. The van der Waals surface area contributed by atoms with Crippen LogP contribution in [0.25, 0.3) is 11.0 Å². The third-order valence-electron chi connectivity index (χ3n) is 4.54. The first-order valence-corrected chi connectivity index (χ1v) is 10.3. The number of carbonyl (C=O) groups excluding carboxylic acids is 1. The fourth-order valence-corrected chi connectivity index (χ4v) is 3.36. The standard InChI is InChI=1S/C20H15Cl2F3N8O/c1-33(2)16-4-9(20(23,24)25)3-15(30-16)31-18(34)13-5-12-14(8-27-13)29-19(28-12)32-17-10(21)6-26-7-11(17)22/h3-8H,1-2H3,(H,30,31,34)(H2,26,28,29,32). The Labute approximate surface area is 200 Å². The van der Waals surface area contributed by atoms with Crippen LogP contribution in [0.5, 0.6) is 0 Å². The topological polar surface area (TPSA) is 112 Å². The van der Waals surface area contributed by atoms with E-state index in [4.69, 9.17) is 23.2 Å². The zero-order valence-electron chi connectivity index (χ0n) is 17.5. The van der Waals surface area contributed by atoms with Crippen molar-refractivity contribution in [2.75, 3.05) is 29.6 Å². The molecule has 176 valence electrons. The Kier molecular flexibility index (Phi) is 6.19. The molecule has 0 saturated carbocycles. The van der Waals surface area contributed by atoms with Gasteiger partial charge in [0.1, 0.15) is 22.8 Å². The zero-order chi connectivity index (χ0) is 24.6. The van der Waals surface area contributed by atoms with Crippen molar-refractivity contribution in [3.8, 4) is 0 Å². The number of anilines is 4. The maximum Gasteiger partial charge on any atom is 0.416 e. The van der Waals surface area contributed by atoms with Crippen molar-refractivity contribution in [2.45, 2.75) is 6.18 Å². The van der Waals surface area contributed by atoms with E-state index >= 15 is 0 Å². The zero-order valence-corrected chi connectivity index (χ0v) is 19.0. The van der Waals surface area contributed by atoms with Crippen molar-refractivity contribution in [3.63, 3.8) is 0 Å². The van der Waals surface area contributed by atoms with Gasteiger partial charge in [-0.25, -0.2) is 15.0 Å². The van der Waals surface area contributed by atoms with Crippen LogP contribution in [0.1, 0.15) is 16.1 Å². The summed E-state index contributed by atoms with van der Waals surface area (Å²) >= 11 is 12.2. The molecule has 0 unspecified atom stereocenters. The summed E-state index contributed by atoms with van der Waals surface area (Å²) in [6.07, 6.45) is -0.450. The summed E-state index contributed by atoms with van der Waals surface area (Å²) in [6.45, 7) is 0. The molecule has 34 heavy (non-hydrogen) atoms. The number of H-pyrrole nitrogens is 1. The van der Waals surface area contributed by atoms with Gasteiger partial charge in [0.25, 0.3) is 5.91 Å². The van der Waals surface area contributed by atoms with Crippen molar-refractivity contribution in [2.24, 2.45) is 0 Å². The molecule has 3 N–H and O–H groups in total. The molecule has 0 spiro atoms. The predicted octanol–water partition coefficient (Wildman–Crippen LogP) is 5.14. The van der Waals surface area contributed by atoms with Gasteiger partial charge < -0.3 is 20.5 Å². The third-order valence-corrected chi connectivity index (χ3v) is 5.11. The minimum atomic E-state index is -4.61. The maximum atomic E-state index is 13.2. The monoisotopic (exact) mass is 510 g/mol. The maximum absolute atomic E-state index is 13.2. The Morgan fingerprint density at radius 1 is 1.06 bits per heavy atom. The number of imidazole rings is 1.